The molecule has 22 heavy (non-hydrogen) atoms. The standard InChI is InChI=1S/C16H19BrN2O3/c1-21-16(20)10-22-15-8-14-11(7-13(15)17)9-19(18-14)12-5-3-2-4-6-12/h7-9,12H,2-6,10H2,1H3. The molecule has 0 spiro atoms. The summed E-state index contributed by atoms with van der Waals surface area (Å²) in [4.78, 5) is 11.2. The van der Waals surface area contributed by atoms with Gasteiger partial charge in [0.05, 0.1) is 23.1 Å². The zero-order chi connectivity index (χ0) is 15.5. The van der Waals surface area contributed by atoms with Crippen LogP contribution in [-0.2, 0) is 9.53 Å². The van der Waals surface area contributed by atoms with Crippen molar-refractivity contribution in [1.29, 1.82) is 0 Å². The smallest absolute Gasteiger partial charge is 0.343 e. The summed E-state index contributed by atoms with van der Waals surface area (Å²) in [5, 5.41) is 5.76. The molecule has 0 amide bonds. The molecule has 1 saturated carbocycles. The van der Waals surface area contributed by atoms with Gasteiger partial charge in [0.1, 0.15) is 5.75 Å². The number of fused-ring (bicyclic) bond motifs is 1. The van der Waals surface area contributed by atoms with Gasteiger partial charge in [-0.3, -0.25) is 4.68 Å². The molecular formula is C16H19BrN2O3. The van der Waals surface area contributed by atoms with Crippen LogP contribution in [0.3, 0.4) is 0 Å². The summed E-state index contributed by atoms with van der Waals surface area (Å²) in [6.45, 7) is -0.107. The van der Waals surface area contributed by atoms with Crippen LogP contribution >= 0.6 is 15.9 Å². The number of rotatable bonds is 4. The molecule has 0 aliphatic heterocycles. The van der Waals surface area contributed by atoms with Gasteiger partial charge in [0.25, 0.3) is 0 Å². The molecule has 1 aliphatic rings. The number of carbonyl (C=O) groups is 1. The van der Waals surface area contributed by atoms with Gasteiger partial charge in [-0.15, -0.1) is 0 Å². The van der Waals surface area contributed by atoms with Crippen molar-refractivity contribution in [3.63, 3.8) is 0 Å². The lowest BCUT2D eigenvalue weighted by molar-refractivity contribution is -0.142. The highest BCUT2D eigenvalue weighted by molar-refractivity contribution is 9.10. The van der Waals surface area contributed by atoms with E-state index in [1.807, 2.05) is 12.1 Å². The van der Waals surface area contributed by atoms with Crippen LogP contribution in [-0.4, -0.2) is 29.5 Å². The quantitative estimate of drug-likeness (QED) is 0.771. The van der Waals surface area contributed by atoms with Crippen LogP contribution in [0.15, 0.2) is 22.8 Å². The van der Waals surface area contributed by atoms with E-state index in [2.05, 4.69) is 36.6 Å². The van der Waals surface area contributed by atoms with Gasteiger partial charge >= 0.3 is 5.97 Å². The molecule has 1 heterocycles. The van der Waals surface area contributed by atoms with Gasteiger partial charge in [0.15, 0.2) is 6.61 Å². The van der Waals surface area contributed by atoms with E-state index in [0.29, 0.717) is 11.8 Å². The molecule has 1 aliphatic carbocycles. The Morgan fingerprint density at radius 3 is 2.86 bits per heavy atom. The van der Waals surface area contributed by atoms with E-state index in [-0.39, 0.29) is 6.61 Å². The Bertz CT molecular complexity index is 677. The number of halogens is 1. The molecule has 118 valence electrons. The number of benzene rings is 1. The minimum absolute atomic E-state index is 0.107. The van der Waals surface area contributed by atoms with Crippen molar-refractivity contribution >= 4 is 32.8 Å². The lowest BCUT2D eigenvalue weighted by atomic mass is 9.96. The van der Waals surface area contributed by atoms with Crippen molar-refractivity contribution in [1.82, 2.24) is 9.78 Å². The maximum Gasteiger partial charge on any atom is 0.343 e. The summed E-state index contributed by atoms with van der Waals surface area (Å²) in [5.74, 6) is 0.200. The first kappa shape index (κ1) is 15.3. The van der Waals surface area contributed by atoms with Gasteiger partial charge < -0.3 is 9.47 Å². The maximum atomic E-state index is 11.2. The molecule has 0 saturated heterocycles. The third-order valence-electron chi connectivity index (χ3n) is 4.10. The topological polar surface area (TPSA) is 53.4 Å². The summed E-state index contributed by atoms with van der Waals surface area (Å²) in [6.07, 6.45) is 8.37. The highest BCUT2D eigenvalue weighted by atomic mass is 79.9. The Hall–Kier alpha value is -1.56. The lowest BCUT2D eigenvalue weighted by Gasteiger charge is -2.21. The minimum atomic E-state index is -0.403. The Morgan fingerprint density at radius 2 is 2.14 bits per heavy atom. The molecule has 1 aromatic heterocycles. The second-order valence-electron chi connectivity index (χ2n) is 5.61. The molecule has 6 heteroatoms. The molecule has 0 radical (unpaired) electrons. The highest BCUT2D eigenvalue weighted by Gasteiger charge is 2.17. The van der Waals surface area contributed by atoms with Crippen molar-refractivity contribution in [2.75, 3.05) is 13.7 Å². The number of methoxy groups -OCH3 is 1. The fourth-order valence-corrected chi connectivity index (χ4v) is 3.36. The second kappa shape index (κ2) is 6.69. The number of hydrogen-bond donors (Lipinski definition) is 0. The number of esters is 1. The fraction of sp³-hybridized carbons (Fsp3) is 0.500. The van der Waals surface area contributed by atoms with E-state index in [9.17, 15) is 4.79 Å². The summed E-state index contributed by atoms with van der Waals surface area (Å²) in [5.41, 5.74) is 0.883. The number of ether oxygens (including phenoxy) is 2. The molecule has 2 aromatic rings. The summed E-state index contributed by atoms with van der Waals surface area (Å²) < 4.78 is 13.0. The van der Waals surface area contributed by atoms with Gasteiger partial charge in [0.2, 0.25) is 0 Å². The van der Waals surface area contributed by atoms with E-state index in [0.717, 1.165) is 15.4 Å². The first-order valence-corrected chi connectivity index (χ1v) is 8.34. The van der Waals surface area contributed by atoms with Crippen LogP contribution in [0.4, 0.5) is 0 Å². The predicted octanol–water partition coefficient (Wildman–Crippen LogP) is 3.86. The fourth-order valence-electron chi connectivity index (χ4n) is 2.88. The van der Waals surface area contributed by atoms with Gasteiger partial charge in [-0.25, -0.2) is 4.79 Å². The maximum absolute atomic E-state index is 11.2. The Morgan fingerprint density at radius 1 is 1.36 bits per heavy atom. The third-order valence-corrected chi connectivity index (χ3v) is 4.72. The molecule has 0 unspecified atom stereocenters. The molecule has 1 aromatic carbocycles. The van der Waals surface area contributed by atoms with Crippen LogP contribution in [0.25, 0.3) is 10.9 Å². The van der Waals surface area contributed by atoms with E-state index in [1.54, 1.807) is 0 Å². The summed E-state index contributed by atoms with van der Waals surface area (Å²) in [6, 6.07) is 4.34. The average Bonchev–Trinajstić information content (AvgIpc) is 2.95. The molecule has 0 bridgehead atoms. The van der Waals surface area contributed by atoms with Gasteiger partial charge in [-0.05, 0) is 34.8 Å². The van der Waals surface area contributed by atoms with Crippen LogP contribution in [0, 0.1) is 0 Å². The van der Waals surface area contributed by atoms with Crippen molar-refractivity contribution in [2.24, 2.45) is 0 Å². The zero-order valence-electron chi connectivity index (χ0n) is 12.5. The number of carbonyl (C=O) groups excluding carboxylic acids is 1. The average molecular weight is 367 g/mol. The molecule has 0 atom stereocenters. The normalized spacial score (nSPS) is 15.9. The van der Waals surface area contributed by atoms with E-state index >= 15 is 0 Å². The van der Waals surface area contributed by atoms with Crippen LogP contribution < -0.4 is 4.74 Å². The Kier molecular flexibility index (Phi) is 4.66. The largest absolute Gasteiger partial charge is 0.481 e. The van der Waals surface area contributed by atoms with E-state index < -0.39 is 5.97 Å². The predicted molar refractivity (Wildman–Crippen MR) is 87.1 cm³/mol. The first-order valence-electron chi connectivity index (χ1n) is 7.55. The SMILES string of the molecule is COC(=O)COc1cc2nn(C3CCCCC3)cc2cc1Br. The minimum Gasteiger partial charge on any atom is -0.481 e. The van der Waals surface area contributed by atoms with Gasteiger partial charge in [-0.2, -0.15) is 5.10 Å². The van der Waals surface area contributed by atoms with Crippen LogP contribution in [0.5, 0.6) is 5.75 Å². The molecule has 1 fully saturated rings. The lowest BCUT2D eigenvalue weighted by Crippen LogP contribution is -2.13. The second-order valence-corrected chi connectivity index (χ2v) is 6.46. The molecular weight excluding hydrogens is 348 g/mol. The highest BCUT2D eigenvalue weighted by Crippen LogP contribution is 2.33. The number of hydrogen-bond acceptors (Lipinski definition) is 4. The first-order chi connectivity index (χ1) is 10.7. The van der Waals surface area contributed by atoms with Gasteiger partial charge in [-0.1, -0.05) is 19.3 Å². The molecule has 0 N–H and O–H groups in total. The number of aromatic nitrogens is 2. The van der Waals surface area contributed by atoms with E-state index in [4.69, 9.17) is 4.74 Å². The van der Waals surface area contributed by atoms with Gasteiger partial charge in [0, 0.05) is 17.6 Å². The summed E-state index contributed by atoms with van der Waals surface area (Å²) in [7, 11) is 1.34. The van der Waals surface area contributed by atoms with Crippen molar-refractivity contribution in [2.45, 2.75) is 38.1 Å². The Labute approximate surface area is 137 Å². The van der Waals surface area contributed by atoms with Crippen molar-refractivity contribution in [3.8, 4) is 5.75 Å². The molecule has 3 rings (SSSR count). The molecule has 5 nitrogen and oxygen atoms in total. The zero-order valence-corrected chi connectivity index (χ0v) is 14.1. The van der Waals surface area contributed by atoms with Crippen LogP contribution in [0.2, 0.25) is 0 Å². The summed E-state index contributed by atoms with van der Waals surface area (Å²) >= 11 is 3.48. The number of nitrogens with zero attached hydrogens (tertiary/aromatic N) is 2. The van der Waals surface area contributed by atoms with Crippen LogP contribution in [0.1, 0.15) is 38.1 Å². The van der Waals surface area contributed by atoms with E-state index in [1.165, 1.54) is 39.2 Å². The van der Waals surface area contributed by atoms with Crippen molar-refractivity contribution in [3.05, 3.63) is 22.8 Å². The Balaban J connectivity index is 1.83. The monoisotopic (exact) mass is 366 g/mol. The van der Waals surface area contributed by atoms with Crippen molar-refractivity contribution < 1.29 is 14.3 Å². The third kappa shape index (κ3) is 3.27.